The molecule has 15 heavy (non-hydrogen) atoms. The molecule has 80 valence electrons. The smallest absolute Gasteiger partial charge is 0.177 e. The lowest BCUT2D eigenvalue weighted by atomic mass is 10.3. The molecule has 3 heteroatoms. The van der Waals surface area contributed by atoms with Gasteiger partial charge in [0.2, 0.25) is 0 Å². The molecular formula is C12H15NO2. The molecule has 0 aromatic carbocycles. The minimum absolute atomic E-state index is 0.751. The first-order valence-electron chi connectivity index (χ1n) is 5.20. The first-order valence-corrected chi connectivity index (χ1v) is 5.20. The summed E-state index contributed by atoms with van der Waals surface area (Å²) in [5, 5.41) is 0. The van der Waals surface area contributed by atoms with Gasteiger partial charge in [-0.3, -0.25) is 4.90 Å². The van der Waals surface area contributed by atoms with Crippen molar-refractivity contribution in [3.05, 3.63) is 23.7 Å². The number of morpholine rings is 1. The Labute approximate surface area is 90.0 Å². The van der Waals surface area contributed by atoms with Gasteiger partial charge in [0.25, 0.3) is 0 Å². The maximum absolute atomic E-state index is 5.57. The third-order valence-electron chi connectivity index (χ3n) is 2.39. The van der Waals surface area contributed by atoms with Gasteiger partial charge >= 0.3 is 0 Å². The molecule has 1 aromatic rings. The second kappa shape index (κ2) is 5.01. The monoisotopic (exact) mass is 205 g/mol. The molecule has 0 atom stereocenters. The average molecular weight is 205 g/mol. The van der Waals surface area contributed by atoms with Crippen LogP contribution in [0.15, 0.2) is 16.5 Å². The Kier molecular flexibility index (Phi) is 3.44. The number of ether oxygens (including phenoxy) is 1. The highest BCUT2D eigenvalue weighted by atomic mass is 16.5. The second-order valence-corrected chi connectivity index (χ2v) is 3.53. The van der Waals surface area contributed by atoms with E-state index in [1.807, 2.05) is 19.1 Å². The van der Waals surface area contributed by atoms with Crippen molar-refractivity contribution in [2.75, 3.05) is 26.3 Å². The van der Waals surface area contributed by atoms with Gasteiger partial charge in [-0.2, -0.15) is 0 Å². The molecule has 0 amide bonds. The fraction of sp³-hybridized carbons (Fsp3) is 0.500. The van der Waals surface area contributed by atoms with E-state index in [9.17, 15) is 0 Å². The quantitative estimate of drug-likeness (QED) is 0.684. The van der Waals surface area contributed by atoms with E-state index < -0.39 is 0 Å². The number of hydrogen-bond donors (Lipinski definition) is 0. The summed E-state index contributed by atoms with van der Waals surface area (Å²) in [4.78, 5) is 2.32. The largest absolute Gasteiger partial charge is 0.451 e. The highest BCUT2D eigenvalue weighted by Gasteiger charge is 2.12. The van der Waals surface area contributed by atoms with Crippen molar-refractivity contribution in [1.82, 2.24) is 4.90 Å². The van der Waals surface area contributed by atoms with E-state index >= 15 is 0 Å². The van der Waals surface area contributed by atoms with Gasteiger partial charge < -0.3 is 9.15 Å². The first kappa shape index (κ1) is 10.3. The Morgan fingerprint density at radius 2 is 2.13 bits per heavy atom. The van der Waals surface area contributed by atoms with Crippen molar-refractivity contribution in [1.29, 1.82) is 0 Å². The Hall–Kier alpha value is -1.24. The highest BCUT2D eigenvalue weighted by Crippen LogP contribution is 2.10. The summed E-state index contributed by atoms with van der Waals surface area (Å²) in [5.74, 6) is 7.46. The van der Waals surface area contributed by atoms with E-state index in [0.29, 0.717) is 0 Å². The molecule has 3 nitrogen and oxygen atoms in total. The van der Waals surface area contributed by atoms with E-state index in [-0.39, 0.29) is 0 Å². The summed E-state index contributed by atoms with van der Waals surface area (Å²) >= 11 is 0. The normalized spacial score (nSPS) is 17.1. The van der Waals surface area contributed by atoms with Crippen LogP contribution in [0.3, 0.4) is 0 Å². The Morgan fingerprint density at radius 1 is 1.33 bits per heavy atom. The number of rotatable bonds is 2. The standard InChI is InChI=1S/C12H15NO2/c1-2-3-11-4-5-12(15-11)10-13-6-8-14-9-7-13/h4-5H,6-10H2,1H3. The fourth-order valence-electron chi connectivity index (χ4n) is 1.63. The molecule has 0 aliphatic carbocycles. The van der Waals surface area contributed by atoms with Crippen LogP contribution < -0.4 is 0 Å². The first-order chi connectivity index (χ1) is 7.38. The van der Waals surface area contributed by atoms with Crippen molar-refractivity contribution >= 4 is 0 Å². The van der Waals surface area contributed by atoms with Crippen LogP contribution in [0.2, 0.25) is 0 Å². The highest BCUT2D eigenvalue weighted by molar-refractivity contribution is 5.25. The van der Waals surface area contributed by atoms with Gasteiger partial charge in [0.15, 0.2) is 5.76 Å². The van der Waals surface area contributed by atoms with E-state index in [2.05, 4.69) is 16.7 Å². The molecule has 0 radical (unpaired) electrons. The van der Waals surface area contributed by atoms with Crippen LogP contribution in [0.4, 0.5) is 0 Å². The van der Waals surface area contributed by atoms with Crippen molar-refractivity contribution in [2.45, 2.75) is 13.5 Å². The lowest BCUT2D eigenvalue weighted by molar-refractivity contribution is 0.0313. The minimum atomic E-state index is 0.751. The van der Waals surface area contributed by atoms with E-state index in [1.54, 1.807) is 0 Å². The topological polar surface area (TPSA) is 25.6 Å². The molecule has 1 aliphatic rings. The van der Waals surface area contributed by atoms with Gasteiger partial charge in [-0.25, -0.2) is 0 Å². The second-order valence-electron chi connectivity index (χ2n) is 3.53. The van der Waals surface area contributed by atoms with Crippen molar-refractivity contribution in [3.63, 3.8) is 0 Å². The lowest BCUT2D eigenvalue weighted by Gasteiger charge is -2.25. The lowest BCUT2D eigenvalue weighted by Crippen LogP contribution is -2.35. The molecule has 1 aliphatic heterocycles. The molecule has 0 unspecified atom stereocenters. The number of hydrogen-bond acceptors (Lipinski definition) is 3. The number of furan rings is 1. The van der Waals surface area contributed by atoms with Crippen LogP contribution in [0, 0.1) is 11.8 Å². The van der Waals surface area contributed by atoms with E-state index in [1.165, 1.54) is 0 Å². The van der Waals surface area contributed by atoms with Crippen LogP contribution in [0.5, 0.6) is 0 Å². The molecule has 1 saturated heterocycles. The summed E-state index contributed by atoms with van der Waals surface area (Å²) in [7, 11) is 0. The summed E-state index contributed by atoms with van der Waals surface area (Å²) in [5.41, 5.74) is 0. The molecule has 1 fully saturated rings. The molecule has 0 N–H and O–H groups in total. The molecule has 2 rings (SSSR count). The molecule has 0 bridgehead atoms. The van der Waals surface area contributed by atoms with Crippen molar-refractivity contribution in [2.24, 2.45) is 0 Å². The maximum Gasteiger partial charge on any atom is 0.177 e. The van der Waals surface area contributed by atoms with Gasteiger partial charge in [-0.05, 0) is 25.0 Å². The third-order valence-corrected chi connectivity index (χ3v) is 2.39. The maximum atomic E-state index is 5.57. The molecule has 0 saturated carbocycles. The van der Waals surface area contributed by atoms with Gasteiger partial charge in [0, 0.05) is 13.1 Å². The molecule has 2 heterocycles. The van der Waals surface area contributed by atoms with Gasteiger partial charge in [0.1, 0.15) is 5.76 Å². The Bertz CT molecular complexity index is 366. The van der Waals surface area contributed by atoms with Crippen molar-refractivity contribution < 1.29 is 9.15 Å². The van der Waals surface area contributed by atoms with Gasteiger partial charge in [-0.15, -0.1) is 0 Å². The summed E-state index contributed by atoms with van der Waals surface area (Å²) in [6.07, 6.45) is 0. The van der Waals surface area contributed by atoms with Crippen LogP contribution in [0.25, 0.3) is 0 Å². The summed E-state index contributed by atoms with van der Waals surface area (Å²) in [6, 6.07) is 3.92. The average Bonchev–Trinajstić information content (AvgIpc) is 2.68. The predicted octanol–water partition coefficient (Wildman–Crippen LogP) is 1.48. The predicted molar refractivity (Wildman–Crippen MR) is 57.4 cm³/mol. The fourth-order valence-corrected chi connectivity index (χ4v) is 1.63. The Balaban J connectivity index is 1.93. The van der Waals surface area contributed by atoms with E-state index in [0.717, 1.165) is 44.4 Å². The Morgan fingerprint density at radius 3 is 2.87 bits per heavy atom. The minimum Gasteiger partial charge on any atom is -0.451 e. The van der Waals surface area contributed by atoms with Crippen molar-refractivity contribution in [3.8, 4) is 11.8 Å². The van der Waals surface area contributed by atoms with Crippen LogP contribution in [0.1, 0.15) is 18.4 Å². The van der Waals surface area contributed by atoms with E-state index in [4.69, 9.17) is 9.15 Å². The third kappa shape index (κ3) is 2.85. The zero-order valence-corrected chi connectivity index (χ0v) is 8.95. The zero-order valence-electron chi connectivity index (χ0n) is 8.95. The molecule has 1 aromatic heterocycles. The summed E-state index contributed by atoms with van der Waals surface area (Å²) in [6.45, 7) is 6.27. The summed E-state index contributed by atoms with van der Waals surface area (Å²) < 4.78 is 10.9. The zero-order chi connectivity index (χ0) is 10.5. The van der Waals surface area contributed by atoms with Crippen LogP contribution in [-0.4, -0.2) is 31.2 Å². The van der Waals surface area contributed by atoms with Crippen LogP contribution in [-0.2, 0) is 11.3 Å². The molecular weight excluding hydrogens is 190 g/mol. The SMILES string of the molecule is CC#Cc1ccc(CN2CCOCC2)o1. The van der Waals surface area contributed by atoms with Crippen LogP contribution >= 0.6 is 0 Å². The van der Waals surface area contributed by atoms with Gasteiger partial charge in [-0.1, -0.05) is 5.92 Å². The molecule has 0 spiro atoms. The van der Waals surface area contributed by atoms with Gasteiger partial charge in [0.05, 0.1) is 19.8 Å². The number of nitrogens with zero attached hydrogens (tertiary/aromatic N) is 1.